The van der Waals surface area contributed by atoms with Crippen LogP contribution < -0.4 is 0 Å². The van der Waals surface area contributed by atoms with Crippen LogP contribution in [0.4, 0.5) is 0 Å². The lowest BCUT2D eigenvalue weighted by Crippen LogP contribution is -2.35. The Balaban J connectivity index is 2.02. The van der Waals surface area contributed by atoms with Gasteiger partial charge in [-0.1, -0.05) is 6.92 Å². The van der Waals surface area contributed by atoms with Crippen molar-refractivity contribution in [3.05, 3.63) is 30.1 Å². The van der Waals surface area contributed by atoms with Crippen molar-refractivity contribution in [1.29, 1.82) is 0 Å². The third-order valence-electron chi connectivity index (χ3n) is 4.04. The highest BCUT2D eigenvalue weighted by atomic mass is 15.1. The Bertz CT molecular complexity index is 517. The van der Waals surface area contributed by atoms with Gasteiger partial charge in [0.1, 0.15) is 5.65 Å². The van der Waals surface area contributed by atoms with Crippen molar-refractivity contribution in [2.24, 2.45) is 5.92 Å². The van der Waals surface area contributed by atoms with Gasteiger partial charge in [0.2, 0.25) is 0 Å². The summed E-state index contributed by atoms with van der Waals surface area (Å²) in [5.41, 5.74) is 2.45. The standard InChI is InChI=1S/C14H19N3/c1-10-5-7-17(2)9-13(10)12-8-16-14-11(12)4-3-6-15-14/h3-4,6,8,10,13H,5,7,9H2,1-2H3,(H,15,16). The summed E-state index contributed by atoms with van der Waals surface area (Å²) in [7, 11) is 2.21. The summed E-state index contributed by atoms with van der Waals surface area (Å²) < 4.78 is 0. The number of H-pyrrole nitrogens is 1. The Morgan fingerprint density at radius 1 is 1.47 bits per heavy atom. The van der Waals surface area contributed by atoms with E-state index in [2.05, 4.69) is 41.1 Å². The summed E-state index contributed by atoms with van der Waals surface area (Å²) in [6.45, 7) is 4.74. The highest BCUT2D eigenvalue weighted by molar-refractivity contribution is 5.80. The minimum absolute atomic E-state index is 0.631. The average Bonchev–Trinajstić information content (AvgIpc) is 2.76. The lowest BCUT2D eigenvalue weighted by Gasteiger charge is -2.34. The lowest BCUT2D eigenvalue weighted by atomic mass is 9.82. The highest BCUT2D eigenvalue weighted by Crippen LogP contribution is 2.34. The molecule has 0 spiro atoms. The zero-order valence-corrected chi connectivity index (χ0v) is 10.5. The van der Waals surface area contributed by atoms with Crippen molar-refractivity contribution >= 4 is 11.0 Å². The molecule has 2 unspecified atom stereocenters. The molecule has 3 rings (SSSR count). The fourth-order valence-corrected chi connectivity index (χ4v) is 2.92. The van der Waals surface area contributed by atoms with E-state index in [1.165, 1.54) is 23.9 Å². The zero-order valence-electron chi connectivity index (χ0n) is 10.5. The fourth-order valence-electron chi connectivity index (χ4n) is 2.92. The third-order valence-corrected chi connectivity index (χ3v) is 4.04. The van der Waals surface area contributed by atoms with Crippen LogP contribution in [-0.2, 0) is 0 Å². The van der Waals surface area contributed by atoms with Gasteiger partial charge in [-0.25, -0.2) is 4.98 Å². The normalized spacial score (nSPS) is 26.5. The molecule has 90 valence electrons. The molecule has 2 aromatic heterocycles. The molecule has 3 heteroatoms. The van der Waals surface area contributed by atoms with Crippen molar-refractivity contribution in [1.82, 2.24) is 14.9 Å². The number of aromatic amines is 1. The van der Waals surface area contributed by atoms with Crippen LogP contribution in [0.15, 0.2) is 24.5 Å². The van der Waals surface area contributed by atoms with Gasteiger partial charge in [0.15, 0.2) is 0 Å². The summed E-state index contributed by atoms with van der Waals surface area (Å²) in [4.78, 5) is 10.1. The van der Waals surface area contributed by atoms with E-state index in [9.17, 15) is 0 Å². The Kier molecular flexibility index (Phi) is 2.63. The molecule has 0 amide bonds. The van der Waals surface area contributed by atoms with E-state index >= 15 is 0 Å². The number of piperidine rings is 1. The van der Waals surface area contributed by atoms with E-state index in [0.29, 0.717) is 5.92 Å². The molecule has 1 aliphatic heterocycles. The van der Waals surface area contributed by atoms with Crippen molar-refractivity contribution < 1.29 is 0 Å². The molecule has 0 bridgehead atoms. The van der Waals surface area contributed by atoms with E-state index in [4.69, 9.17) is 0 Å². The number of pyridine rings is 1. The smallest absolute Gasteiger partial charge is 0.137 e. The first-order chi connectivity index (χ1) is 8.25. The van der Waals surface area contributed by atoms with Crippen LogP contribution in [0.25, 0.3) is 11.0 Å². The minimum atomic E-state index is 0.631. The number of hydrogen-bond donors (Lipinski definition) is 1. The Labute approximate surface area is 102 Å². The molecular formula is C14H19N3. The molecule has 0 saturated carbocycles. The molecule has 2 atom stereocenters. The van der Waals surface area contributed by atoms with E-state index in [1.807, 2.05) is 12.3 Å². The second-order valence-electron chi connectivity index (χ2n) is 5.28. The molecule has 0 radical (unpaired) electrons. The van der Waals surface area contributed by atoms with Crippen LogP contribution in [0.2, 0.25) is 0 Å². The highest BCUT2D eigenvalue weighted by Gasteiger charge is 2.27. The van der Waals surface area contributed by atoms with Gasteiger partial charge in [-0.2, -0.15) is 0 Å². The van der Waals surface area contributed by atoms with Crippen molar-refractivity contribution in [2.45, 2.75) is 19.3 Å². The van der Waals surface area contributed by atoms with Crippen LogP contribution in [-0.4, -0.2) is 35.0 Å². The molecule has 17 heavy (non-hydrogen) atoms. The number of likely N-dealkylation sites (N-methyl/N-ethyl adjacent to an activating group) is 1. The third kappa shape index (κ3) is 1.84. The Morgan fingerprint density at radius 2 is 2.35 bits per heavy atom. The number of likely N-dealkylation sites (tertiary alicyclic amines) is 1. The maximum absolute atomic E-state index is 4.37. The monoisotopic (exact) mass is 229 g/mol. The van der Waals surface area contributed by atoms with Gasteiger partial charge in [0.05, 0.1) is 0 Å². The van der Waals surface area contributed by atoms with Gasteiger partial charge >= 0.3 is 0 Å². The predicted molar refractivity (Wildman–Crippen MR) is 70.1 cm³/mol. The molecule has 3 heterocycles. The molecule has 1 saturated heterocycles. The molecule has 3 nitrogen and oxygen atoms in total. The SMILES string of the molecule is CC1CCN(C)CC1c1c[nH]c2ncccc12. The van der Waals surface area contributed by atoms with Gasteiger partial charge in [0, 0.05) is 30.2 Å². The minimum Gasteiger partial charge on any atom is -0.346 e. The van der Waals surface area contributed by atoms with Crippen LogP contribution in [0, 0.1) is 5.92 Å². The van der Waals surface area contributed by atoms with Gasteiger partial charge in [-0.05, 0) is 43.6 Å². The summed E-state index contributed by atoms with van der Waals surface area (Å²) in [6, 6.07) is 4.20. The molecular weight excluding hydrogens is 210 g/mol. The average molecular weight is 229 g/mol. The van der Waals surface area contributed by atoms with Gasteiger partial charge in [0.25, 0.3) is 0 Å². The first kappa shape index (κ1) is 10.8. The molecule has 1 N–H and O–H groups in total. The van der Waals surface area contributed by atoms with Crippen LogP contribution in [0.1, 0.15) is 24.8 Å². The summed E-state index contributed by atoms with van der Waals surface area (Å²) in [5.74, 6) is 1.39. The maximum atomic E-state index is 4.37. The van der Waals surface area contributed by atoms with Crippen LogP contribution in [0.5, 0.6) is 0 Å². The summed E-state index contributed by atoms with van der Waals surface area (Å²) >= 11 is 0. The van der Waals surface area contributed by atoms with Crippen LogP contribution >= 0.6 is 0 Å². The van der Waals surface area contributed by atoms with Crippen molar-refractivity contribution in [3.8, 4) is 0 Å². The molecule has 2 aromatic rings. The van der Waals surface area contributed by atoms with E-state index in [-0.39, 0.29) is 0 Å². The second-order valence-corrected chi connectivity index (χ2v) is 5.28. The Morgan fingerprint density at radius 3 is 3.24 bits per heavy atom. The maximum Gasteiger partial charge on any atom is 0.137 e. The van der Waals surface area contributed by atoms with Crippen molar-refractivity contribution in [3.63, 3.8) is 0 Å². The summed E-state index contributed by atoms with van der Waals surface area (Å²) in [6.07, 6.45) is 5.28. The largest absolute Gasteiger partial charge is 0.346 e. The quantitative estimate of drug-likeness (QED) is 0.815. The number of nitrogens with one attached hydrogen (secondary N) is 1. The number of nitrogens with zero attached hydrogens (tertiary/aromatic N) is 2. The van der Waals surface area contributed by atoms with Gasteiger partial charge in [-0.15, -0.1) is 0 Å². The predicted octanol–water partition coefficient (Wildman–Crippen LogP) is 2.62. The Hall–Kier alpha value is -1.35. The van der Waals surface area contributed by atoms with Gasteiger partial charge < -0.3 is 9.88 Å². The molecule has 0 aromatic carbocycles. The number of aromatic nitrogens is 2. The number of fused-ring (bicyclic) bond motifs is 1. The topological polar surface area (TPSA) is 31.9 Å². The van der Waals surface area contributed by atoms with E-state index in [1.54, 1.807) is 0 Å². The van der Waals surface area contributed by atoms with E-state index < -0.39 is 0 Å². The number of rotatable bonds is 1. The first-order valence-electron chi connectivity index (χ1n) is 6.36. The summed E-state index contributed by atoms with van der Waals surface area (Å²) in [5, 5.41) is 1.29. The molecule has 0 aliphatic carbocycles. The number of hydrogen-bond acceptors (Lipinski definition) is 2. The molecule has 1 aliphatic rings. The fraction of sp³-hybridized carbons (Fsp3) is 0.500. The van der Waals surface area contributed by atoms with Gasteiger partial charge in [-0.3, -0.25) is 0 Å². The second kappa shape index (κ2) is 4.15. The zero-order chi connectivity index (χ0) is 11.8. The van der Waals surface area contributed by atoms with E-state index in [0.717, 1.165) is 18.1 Å². The molecule has 1 fully saturated rings. The van der Waals surface area contributed by atoms with Crippen LogP contribution in [0.3, 0.4) is 0 Å². The lowest BCUT2D eigenvalue weighted by molar-refractivity contribution is 0.200. The first-order valence-corrected chi connectivity index (χ1v) is 6.36. The van der Waals surface area contributed by atoms with Crippen molar-refractivity contribution in [2.75, 3.05) is 20.1 Å².